The van der Waals surface area contributed by atoms with Gasteiger partial charge in [-0.3, -0.25) is 0 Å². The normalized spacial score (nSPS) is 10.5. The van der Waals surface area contributed by atoms with Crippen molar-refractivity contribution in [2.45, 2.75) is 6.54 Å². The van der Waals surface area contributed by atoms with Gasteiger partial charge in [0.05, 0.1) is 0 Å². The zero-order chi connectivity index (χ0) is 13.2. The Hall–Kier alpha value is -2.67. The van der Waals surface area contributed by atoms with Crippen LogP contribution in [0.25, 0.3) is 10.9 Å². The van der Waals surface area contributed by atoms with Crippen molar-refractivity contribution in [2.24, 2.45) is 0 Å². The van der Waals surface area contributed by atoms with Crippen LogP contribution in [0.5, 0.6) is 0 Å². The summed E-state index contributed by atoms with van der Waals surface area (Å²) in [6, 6.07) is 12.2. The zero-order valence-corrected chi connectivity index (χ0v) is 10.6. The zero-order valence-electron chi connectivity index (χ0n) is 10.6. The van der Waals surface area contributed by atoms with Crippen molar-refractivity contribution in [2.75, 3.05) is 11.9 Å². The van der Waals surface area contributed by atoms with Crippen LogP contribution < -0.4 is 4.90 Å². The summed E-state index contributed by atoms with van der Waals surface area (Å²) < 4.78 is 0. The molecule has 1 aromatic carbocycles. The van der Waals surface area contributed by atoms with Crippen LogP contribution in [-0.2, 0) is 6.54 Å². The van der Waals surface area contributed by atoms with Crippen LogP contribution in [-0.4, -0.2) is 17.0 Å². The Morgan fingerprint density at radius 3 is 2.84 bits per heavy atom. The fraction of sp³-hybridized carbons (Fsp3) is 0.133. The molecule has 2 N–H and O–H groups in total. The SMILES string of the molecule is CN(Cc1cc[nH]c1)c1[nH]c2ccccc2c1C#N. The summed E-state index contributed by atoms with van der Waals surface area (Å²) in [4.78, 5) is 8.42. The van der Waals surface area contributed by atoms with Crippen LogP contribution in [0.15, 0.2) is 42.7 Å². The molecule has 0 aliphatic carbocycles. The predicted molar refractivity (Wildman–Crippen MR) is 75.9 cm³/mol. The molecule has 0 aliphatic heterocycles. The van der Waals surface area contributed by atoms with Gasteiger partial charge in [0.2, 0.25) is 0 Å². The van der Waals surface area contributed by atoms with Crippen molar-refractivity contribution in [3.63, 3.8) is 0 Å². The fourth-order valence-corrected chi connectivity index (χ4v) is 2.34. The minimum Gasteiger partial charge on any atom is -0.367 e. The second kappa shape index (κ2) is 4.54. The molecule has 2 aromatic heterocycles. The van der Waals surface area contributed by atoms with Crippen molar-refractivity contribution in [1.29, 1.82) is 5.26 Å². The largest absolute Gasteiger partial charge is 0.367 e. The second-order valence-electron chi connectivity index (χ2n) is 4.58. The summed E-state index contributed by atoms with van der Waals surface area (Å²) in [5.41, 5.74) is 2.88. The molecule has 0 amide bonds. The minimum absolute atomic E-state index is 0.702. The highest BCUT2D eigenvalue weighted by Gasteiger charge is 2.14. The van der Waals surface area contributed by atoms with Crippen LogP contribution in [0.1, 0.15) is 11.1 Å². The molecule has 0 saturated carbocycles. The van der Waals surface area contributed by atoms with Crippen molar-refractivity contribution in [3.8, 4) is 6.07 Å². The van der Waals surface area contributed by atoms with E-state index in [9.17, 15) is 5.26 Å². The van der Waals surface area contributed by atoms with Gasteiger partial charge >= 0.3 is 0 Å². The Kier molecular flexibility index (Phi) is 2.73. The van der Waals surface area contributed by atoms with Gasteiger partial charge in [0.15, 0.2) is 0 Å². The van der Waals surface area contributed by atoms with Crippen molar-refractivity contribution < 1.29 is 0 Å². The first kappa shape index (κ1) is 11.4. The lowest BCUT2D eigenvalue weighted by atomic mass is 10.2. The maximum atomic E-state index is 9.38. The van der Waals surface area contributed by atoms with E-state index in [0.717, 1.165) is 23.3 Å². The molecule has 0 bridgehead atoms. The summed E-state index contributed by atoms with van der Waals surface area (Å²) >= 11 is 0. The molecule has 94 valence electrons. The number of nitrogens with one attached hydrogen (secondary N) is 2. The number of aromatic amines is 2. The number of hydrogen-bond acceptors (Lipinski definition) is 2. The molecular formula is C15H14N4. The number of anilines is 1. The molecule has 0 atom stereocenters. The molecule has 2 heterocycles. The number of nitriles is 1. The van der Waals surface area contributed by atoms with Gasteiger partial charge in [0, 0.05) is 36.9 Å². The average molecular weight is 250 g/mol. The van der Waals surface area contributed by atoms with Gasteiger partial charge in [-0.15, -0.1) is 0 Å². The number of aromatic nitrogens is 2. The van der Waals surface area contributed by atoms with Gasteiger partial charge in [0.25, 0.3) is 0 Å². The van der Waals surface area contributed by atoms with E-state index in [-0.39, 0.29) is 0 Å². The first-order valence-corrected chi connectivity index (χ1v) is 6.13. The van der Waals surface area contributed by atoms with Crippen LogP contribution in [0.3, 0.4) is 0 Å². The molecule has 19 heavy (non-hydrogen) atoms. The van der Waals surface area contributed by atoms with Gasteiger partial charge < -0.3 is 14.9 Å². The molecule has 0 unspecified atom stereocenters. The Labute approximate surface area is 111 Å². The number of H-pyrrole nitrogens is 2. The van der Waals surface area contributed by atoms with Crippen molar-refractivity contribution >= 4 is 16.7 Å². The van der Waals surface area contributed by atoms with E-state index in [0.29, 0.717) is 5.56 Å². The smallest absolute Gasteiger partial charge is 0.125 e. The quantitative estimate of drug-likeness (QED) is 0.750. The number of fused-ring (bicyclic) bond motifs is 1. The minimum atomic E-state index is 0.702. The summed E-state index contributed by atoms with van der Waals surface area (Å²) in [5, 5.41) is 10.4. The number of hydrogen-bond donors (Lipinski definition) is 2. The Bertz CT molecular complexity index is 731. The van der Waals surface area contributed by atoms with E-state index in [2.05, 4.69) is 20.9 Å². The molecule has 4 heteroatoms. The molecule has 0 spiro atoms. The van der Waals surface area contributed by atoms with Gasteiger partial charge in [0.1, 0.15) is 17.5 Å². The number of benzene rings is 1. The maximum Gasteiger partial charge on any atom is 0.125 e. The molecule has 3 aromatic rings. The third-order valence-electron chi connectivity index (χ3n) is 3.26. The highest BCUT2D eigenvalue weighted by molar-refractivity contribution is 5.91. The molecule has 3 rings (SSSR count). The lowest BCUT2D eigenvalue weighted by molar-refractivity contribution is 0.906. The van der Waals surface area contributed by atoms with Crippen LogP contribution in [0.2, 0.25) is 0 Å². The van der Waals surface area contributed by atoms with Gasteiger partial charge in [-0.1, -0.05) is 18.2 Å². The van der Waals surface area contributed by atoms with E-state index < -0.39 is 0 Å². The van der Waals surface area contributed by atoms with Crippen LogP contribution in [0, 0.1) is 11.3 Å². The third kappa shape index (κ3) is 1.95. The lowest BCUT2D eigenvalue weighted by Crippen LogP contribution is -2.17. The maximum absolute atomic E-state index is 9.38. The van der Waals surface area contributed by atoms with E-state index in [1.165, 1.54) is 5.56 Å². The van der Waals surface area contributed by atoms with Crippen molar-refractivity contribution in [3.05, 3.63) is 53.9 Å². The molecule has 0 saturated heterocycles. The highest BCUT2D eigenvalue weighted by Crippen LogP contribution is 2.28. The molecule has 4 nitrogen and oxygen atoms in total. The summed E-state index contributed by atoms with van der Waals surface area (Å²) in [6.45, 7) is 0.755. The summed E-state index contributed by atoms with van der Waals surface area (Å²) in [7, 11) is 1.98. The Balaban J connectivity index is 2.02. The Morgan fingerprint density at radius 1 is 1.26 bits per heavy atom. The van der Waals surface area contributed by atoms with E-state index in [4.69, 9.17) is 0 Å². The van der Waals surface area contributed by atoms with Crippen LogP contribution >= 0.6 is 0 Å². The predicted octanol–water partition coefficient (Wildman–Crippen LogP) is 3.00. The third-order valence-corrected chi connectivity index (χ3v) is 3.26. The first-order valence-electron chi connectivity index (χ1n) is 6.13. The van der Waals surface area contributed by atoms with Crippen molar-refractivity contribution in [1.82, 2.24) is 9.97 Å². The van der Waals surface area contributed by atoms with Gasteiger partial charge in [-0.05, 0) is 17.7 Å². The van der Waals surface area contributed by atoms with E-state index in [1.54, 1.807) is 0 Å². The Morgan fingerprint density at radius 2 is 2.11 bits per heavy atom. The lowest BCUT2D eigenvalue weighted by Gasteiger charge is -2.17. The summed E-state index contributed by atoms with van der Waals surface area (Å²) in [6.07, 6.45) is 3.87. The number of rotatable bonds is 3. The molecule has 0 fully saturated rings. The molecular weight excluding hydrogens is 236 g/mol. The number of para-hydroxylation sites is 1. The second-order valence-corrected chi connectivity index (χ2v) is 4.58. The highest BCUT2D eigenvalue weighted by atomic mass is 15.2. The number of nitrogens with zero attached hydrogens (tertiary/aromatic N) is 2. The fourth-order valence-electron chi connectivity index (χ4n) is 2.34. The molecule has 0 aliphatic rings. The topological polar surface area (TPSA) is 58.6 Å². The standard InChI is InChI=1S/C15H14N4/c1-19(10-11-6-7-17-9-11)15-13(8-16)12-4-2-3-5-14(12)18-15/h2-7,9,17-18H,10H2,1H3. The average Bonchev–Trinajstić information content (AvgIpc) is 3.04. The van der Waals surface area contributed by atoms with E-state index >= 15 is 0 Å². The summed E-state index contributed by atoms with van der Waals surface area (Å²) in [5.74, 6) is 0.866. The van der Waals surface area contributed by atoms with Gasteiger partial charge in [-0.2, -0.15) is 5.26 Å². The monoisotopic (exact) mass is 250 g/mol. The first-order chi connectivity index (χ1) is 9.29. The van der Waals surface area contributed by atoms with Gasteiger partial charge in [-0.25, -0.2) is 0 Å². The van der Waals surface area contributed by atoms with E-state index in [1.807, 2.05) is 49.8 Å². The molecule has 0 radical (unpaired) electrons. The van der Waals surface area contributed by atoms with Crippen LogP contribution in [0.4, 0.5) is 5.82 Å².